The summed E-state index contributed by atoms with van der Waals surface area (Å²) in [5, 5.41) is 10.4. The number of hydrogen-bond donors (Lipinski definition) is 2. The molecule has 0 radical (unpaired) electrons. The summed E-state index contributed by atoms with van der Waals surface area (Å²) in [6, 6.07) is 13.4. The van der Waals surface area contributed by atoms with Crippen molar-refractivity contribution in [1.82, 2.24) is 4.98 Å². The first-order valence-electron chi connectivity index (χ1n) is 5.75. The lowest BCUT2D eigenvalue weighted by atomic mass is 10.2. The van der Waals surface area contributed by atoms with Gasteiger partial charge in [-0.1, -0.05) is 11.9 Å². The molecule has 3 nitrogen and oxygen atoms in total. The number of phenols is 1. The molecule has 3 rings (SSSR count). The maximum atomic E-state index is 9.47. The van der Waals surface area contributed by atoms with Gasteiger partial charge < -0.3 is 9.83 Å². The number of aromatic nitrogens is 1. The molecule has 0 aliphatic heterocycles. The minimum atomic E-state index is 0.280. The summed E-state index contributed by atoms with van der Waals surface area (Å²) in [5.41, 5.74) is 3.09. The number of rotatable bonds is 3. The molecule has 0 unspecified atom stereocenters. The second-order valence-corrected chi connectivity index (χ2v) is 5.70. The van der Waals surface area contributed by atoms with Gasteiger partial charge in [-0.2, -0.15) is 0 Å². The van der Waals surface area contributed by atoms with Gasteiger partial charge in [-0.15, -0.1) is 11.3 Å². The highest BCUT2D eigenvalue weighted by Gasteiger charge is 2.06. The standard InChI is InChI=1S/C14H12N2OS2/c1-18-16-10-4-2-9(3-5-10)14-15-12-7-6-11(17)8-13(12)19-14/h2-8,16-17H,1H3. The van der Waals surface area contributed by atoms with Crippen LogP contribution >= 0.6 is 23.3 Å². The van der Waals surface area contributed by atoms with E-state index < -0.39 is 0 Å². The molecule has 0 atom stereocenters. The molecule has 3 aromatic rings. The third-order valence-corrected chi connectivity index (χ3v) is 4.23. The average Bonchev–Trinajstić information content (AvgIpc) is 2.83. The van der Waals surface area contributed by atoms with E-state index in [4.69, 9.17) is 0 Å². The summed E-state index contributed by atoms with van der Waals surface area (Å²) in [6.07, 6.45) is 1.99. The van der Waals surface area contributed by atoms with Crippen LogP contribution in [0.5, 0.6) is 5.75 Å². The van der Waals surface area contributed by atoms with E-state index in [1.54, 1.807) is 35.4 Å². The fourth-order valence-electron chi connectivity index (χ4n) is 1.84. The average molecular weight is 288 g/mol. The number of phenolic OH excluding ortho intramolecular Hbond substituents is 1. The van der Waals surface area contributed by atoms with Crippen LogP contribution in [0.2, 0.25) is 0 Å². The number of benzene rings is 2. The van der Waals surface area contributed by atoms with Gasteiger partial charge in [0, 0.05) is 17.5 Å². The molecule has 0 amide bonds. The number of aromatic hydroxyl groups is 1. The molecule has 19 heavy (non-hydrogen) atoms. The van der Waals surface area contributed by atoms with Gasteiger partial charge in [-0.05, 0) is 42.5 Å². The van der Waals surface area contributed by atoms with Crippen molar-refractivity contribution in [3.8, 4) is 16.3 Å². The fourth-order valence-corrected chi connectivity index (χ4v) is 3.21. The Morgan fingerprint density at radius 3 is 2.68 bits per heavy atom. The molecule has 96 valence electrons. The van der Waals surface area contributed by atoms with Crippen LogP contribution in [-0.4, -0.2) is 16.3 Å². The van der Waals surface area contributed by atoms with Crippen LogP contribution in [0.4, 0.5) is 5.69 Å². The summed E-state index contributed by atoms with van der Waals surface area (Å²) in [6.45, 7) is 0. The van der Waals surface area contributed by atoms with Crippen LogP contribution in [0.15, 0.2) is 42.5 Å². The SMILES string of the molecule is CSNc1ccc(-c2nc3ccc(O)cc3s2)cc1. The number of fused-ring (bicyclic) bond motifs is 1. The van der Waals surface area contributed by atoms with E-state index in [-0.39, 0.29) is 5.75 Å². The van der Waals surface area contributed by atoms with Crippen LogP contribution in [0.1, 0.15) is 0 Å². The minimum absolute atomic E-state index is 0.280. The number of nitrogens with zero attached hydrogens (tertiary/aromatic N) is 1. The normalized spacial score (nSPS) is 10.8. The Hall–Kier alpha value is -1.72. The molecular weight excluding hydrogens is 276 g/mol. The van der Waals surface area contributed by atoms with E-state index in [1.165, 1.54) is 0 Å². The number of nitrogens with one attached hydrogen (secondary N) is 1. The van der Waals surface area contributed by atoms with Crippen LogP contribution in [0.25, 0.3) is 20.8 Å². The molecule has 0 saturated carbocycles. The summed E-state index contributed by atoms with van der Waals surface area (Å²) < 4.78 is 4.19. The first kappa shape index (κ1) is 12.3. The van der Waals surface area contributed by atoms with Crippen LogP contribution in [0, 0.1) is 0 Å². The summed E-state index contributed by atoms with van der Waals surface area (Å²) >= 11 is 3.16. The minimum Gasteiger partial charge on any atom is -0.508 e. The third kappa shape index (κ3) is 2.52. The Morgan fingerprint density at radius 1 is 1.16 bits per heavy atom. The third-order valence-electron chi connectivity index (χ3n) is 2.72. The second kappa shape index (κ2) is 5.11. The topological polar surface area (TPSA) is 45.2 Å². The molecule has 2 N–H and O–H groups in total. The van der Waals surface area contributed by atoms with Crippen molar-refractivity contribution in [2.75, 3.05) is 11.0 Å². The Kier molecular flexibility index (Phi) is 3.31. The van der Waals surface area contributed by atoms with Crippen molar-refractivity contribution in [2.45, 2.75) is 0 Å². The molecule has 1 aromatic heterocycles. The zero-order valence-electron chi connectivity index (χ0n) is 10.3. The molecule has 0 bridgehead atoms. The molecule has 1 heterocycles. The highest BCUT2D eigenvalue weighted by molar-refractivity contribution is 7.99. The Bertz CT molecular complexity index is 707. The Balaban J connectivity index is 1.99. The van der Waals surface area contributed by atoms with Gasteiger partial charge in [-0.3, -0.25) is 0 Å². The van der Waals surface area contributed by atoms with E-state index >= 15 is 0 Å². The quantitative estimate of drug-likeness (QED) is 0.703. The fraction of sp³-hybridized carbons (Fsp3) is 0.0714. The monoisotopic (exact) mass is 288 g/mol. The summed E-state index contributed by atoms with van der Waals surface area (Å²) in [5.74, 6) is 0.280. The molecule has 0 aliphatic rings. The van der Waals surface area contributed by atoms with Crippen LogP contribution in [-0.2, 0) is 0 Å². The van der Waals surface area contributed by atoms with Crippen molar-refractivity contribution in [2.24, 2.45) is 0 Å². The molecule has 2 aromatic carbocycles. The maximum absolute atomic E-state index is 9.47. The molecule has 5 heteroatoms. The number of anilines is 1. The summed E-state index contributed by atoms with van der Waals surface area (Å²) in [4.78, 5) is 4.58. The van der Waals surface area contributed by atoms with E-state index in [0.29, 0.717) is 0 Å². The molecule has 0 aliphatic carbocycles. The molecule has 0 fully saturated rings. The Labute approximate surface area is 119 Å². The lowest BCUT2D eigenvalue weighted by Crippen LogP contribution is -1.83. The largest absolute Gasteiger partial charge is 0.508 e. The summed E-state index contributed by atoms with van der Waals surface area (Å²) in [7, 11) is 0. The lowest BCUT2D eigenvalue weighted by Gasteiger charge is -2.02. The Morgan fingerprint density at radius 2 is 1.95 bits per heavy atom. The first-order valence-corrected chi connectivity index (χ1v) is 7.79. The van der Waals surface area contributed by atoms with Gasteiger partial charge in [0.1, 0.15) is 10.8 Å². The first-order chi connectivity index (χ1) is 9.26. The van der Waals surface area contributed by atoms with Crippen molar-refractivity contribution >= 4 is 39.2 Å². The molecular formula is C14H12N2OS2. The second-order valence-electron chi connectivity index (χ2n) is 4.05. The van der Waals surface area contributed by atoms with Gasteiger partial charge >= 0.3 is 0 Å². The zero-order chi connectivity index (χ0) is 13.2. The van der Waals surface area contributed by atoms with Crippen molar-refractivity contribution in [3.63, 3.8) is 0 Å². The number of thiazole rings is 1. The number of hydrogen-bond acceptors (Lipinski definition) is 5. The van der Waals surface area contributed by atoms with Crippen molar-refractivity contribution < 1.29 is 5.11 Å². The van der Waals surface area contributed by atoms with Crippen LogP contribution < -0.4 is 4.72 Å². The van der Waals surface area contributed by atoms with E-state index in [2.05, 4.69) is 21.8 Å². The van der Waals surface area contributed by atoms with E-state index in [0.717, 1.165) is 26.5 Å². The van der Waals surface area contributed by atoms with E-state index in [9.17, 15) is 5.11 Å². The van der Waals surface area contributed by atoms with Gasteiger partial charge in [0.05, 0.1) is 10.2 Å². The molecule has 0 saturated heterocycles. The lowest BCUT2D eigenvalue weighted by molar-refractivity contribution is 0.476. The smallest absolute Gasteiger partial charge is 0.124 e. The van der Waals surface area contributed by atoms with Gasteiger partial charge in [0.2, 0.25) is 0 Å². The van der Waals surface area contributed by atoms with Crippen LogP contribution in [0.3, 0.4) is 0 Å². The van der Waals surface area contributed by atoms with Crippen molar-refractivity contribution in [3.05, 3.63) is 42.5 Å². The zero-order valence-corrected chi connectivity index (χ0v) is 11.9. The van der Waals surface area contributed by atoms with Crippen molar-refractivity contribution in [1.29, 1.82) is 0 Å². The van der Waals surface area contributed by atoms with Gasteiger partial charge in [0.15, 0.2) is 0 Å². The van der Waals surface area contributed by atoms with Gasteiger partial charge in [0.25, 0.3) is 0 Å². The van der Waals surface area contributed by atoms with E-state index in [1.807, 2.05) is 24.5 Å². The highest BCUT2D eigenvalue weighted by atomic mass is 32.2. The maximum Gasteiger partial charge on any atom is 0.124 e. The highest BCUT2D eigenvalue weighted by Crippen LogP contribution is 2.32. The predicted molar refractivity (Wildman–Crippen MR) is 83.9 cm³/mol. The van der Waals surface area contributed by atoms with Gasteiger partial charge in [-0.25, -0.2) is 4.98 Å². The molecule has 0 spiro atoms. The predicted octanol–water partition coefficient (Wildman–Crippen LogP) is 4.36.